The average molecular weight is 296 g/mol. The van der Waals surface area contributed by atoms with Crippen molar-refractivity contribution in [2.24, 2.45) is 12.8 Å². The summed E-state index contributed by atoms with van der Waals surface area (Å²) in [4.78, 5) is 0.206. The van der Waals surface area contributed by atoms with Crippen LogP contribution in [-0.4, -0.2) is 14.8 Å². The van der Waals surface area contributed by atoms with Gasteiger partial charge in [-0.2, -0.15) is 5.10 Å². The summed E-state index contributed by atoms with van der Waals surface area (Å²) in [5.41, 5.74) is 7.17. The lowest BCUT2D eigenvalue weighted by Gasteiger charge is -2.10. The maximum atomic E-state index is 13.6. The van der Waals surface area contributed by atoms with Gasteiger partial charge < -0.3 is 11.1 Å². The quantitative estimate of drug-likeness (QED) is 0.850. The number of thiocarbonyl (C=S) groups is 1. The summed E-state index contributed by atoms with van der Waals surface area (Å²) in [6.07, 6.45) is 0. The molecule has 0 spiro atoms. The van der Waals surface area contributed by atoms with Crippen LogP contribution in [0.4, 0.5) is 14.6 Å². The van der Waals surface area contributed by atoms with Gasteiger partial charge in [-0.25, -0.2) is 8.78 Å². The van der Waals surface area contributed by atoms with E-state index in [1.54, 1.807) is 18.7 Å². The van der Waals surface area contributed by atoms with Gasteiger partial charge in [-0.3, -0.25) is 4.68 Å². The van der Waals surface area contributed by atoms with Crippen molar-refractivity contribution in [2.75, 3.05) is 5.32 Å². The van der Waals surface area contributed by atoms with E-state index in [4.69, 9.17) is 18.0 Å². The summed E-state index contributed by atoms with van der Waals surface area (Å²) in [7, 11) is 1.72. The number of nitrogens with one attached hydrogen (secondary N) is 1. The van der Waals surface area contributed by atoms with Gasteiger partial charge in [0, 0.05) is 19.2 Å². The molecule has 0 saturated heterocycles. The fourth-order valence-corrected chi connectivity index (χ4v) is 2.26. The van der Waals surface area contributed by atoms with E-state index < -0.39 is 11.6 Å². The predicted molar refractivity (Wildman–Crippen MR) is 77.5 cm³/mol. The second-order valence-corrected chi connectivity index (χ2v) is 4.83. The largest absolute Gasteiger partial charge is 0.389 e. The highest BCUT2D eigenvalue weighted by atomic mass is 32.1. The SMILES string of the molecule is Cc1nn(C)c(NCc2cc(F)ccc2F)c1C(N)=S. The van der Waals surface area contributed by atoms with E-state index >= 15 is 0 Å². The number of benzene rings is 1. The molecule has 0 fully saturated rings. The van der Waals surface area contributed by atoms with E-state index in [2.05, 4.69) is 10.4 Å². The molecular weight excluding hydrogens is 282 g/mol. The normalized spacial score (nSPS) is 10.6. The molecule has 0 aliphatic rings. The maximum Gasteiger partial charge on any atom is 0.134 e. The Morgan fingerprint density at radius 2 is 2.15 bits per heavy atom. The molecule has 0 unspecified atom stereocenters. The molecular formula is C13H14F2N4S. The molecule has 0 aliphatic heterocycles. The van der Waals surface area contributed by atoms with Crippen molar-refractivity contribution in [1.82, 2.24) is 9.78 Å². The minimum atomic E-state index is -0.487. The first-order valence-electron chi connectivity index (χ1n) is 5.91. The van der Waals surface area contributed by atoms with E-state index in [0.717, 1.165) is 18.2 Å². The summed E-state index contributed by atoms with van der Waals surface area (Å²) >= 11 is 4.98. The van der Waals surface area contributed by atoms with Crippen molar-refractivity contribution in [3.8, 4) is 0 Å². The van der Waals surface area contributed by atoms with Crippen LogP contribution >= 0.6 is 12.2 Å². The molecule has 1 aromatic carbocycles. The Morgan fingerprint density at radius 3 is 2.80 bits per heavy atom. The Hall–Kier alpha value is -2.02. The topological polar surface area (TPSA) is 55.9 Å². The van der Waals surface area contributed by atoms with Gasteiger partial charge in [-0.05, 0) is 25.1 Å². The fraction of sp³-hybridized carbons (Fsp3) is 0.231. The molecule has 1 heterocycles. The summed E-state index contributed by atoms with van der Waals surface area (Å²) in [6.45, 7) is 1.89. The van der Waals surface area contributed by atoms with Gasteiger partial charge in [0.05, 0.1) is 11.3 Å². The van der Waals surface area contributed by atoms with Crippen LogP contribution in [0.3, 0.4) is 0 Å². The van der Waals surface area contributed by atoms with Gasteiger partial charge in [-0.1, -0.05) is 12.2 Å². The molecule has 7 heteroatoms. The van der Waals surface area contributed by atoms with Gasteiger partial charge >= 0.3 is 0 Å². The molecule has 0 amide bonds. The molecule has 20 heavy (non-hydrogen) atoms. The Morgan fingerprint density at radius 1 is 1.45 bits per heavy atom. The van der Waals surface area contributed by atoms with Crippen LogP contribution in [0.1, 0.15) is 16.8 Å². The second-order valence-electron chi connectivity index (χ2n) is 4.39. The fourth-order valence-electron chi connectivity index (χ4n) is 2.01. The third-order valence-electron chi connectivity index (χ3n) is 2.92. The zero-order valence-electron chi connectivity index (χ0n) is 11.1. The van der Waals surface area contributed by atoms with Crippen LogP contribution in [0.5, 0.6) is 0 Å². The van der Waals surface area contributed by atoms with Gasteiger partial charge in [0.2, 0.25) is 0 Å². The van der Waals surface area contributed by atoms with Crippen LogP contribution in [0.2, 0.25) is 0 Å². The van der Waals surface area contributed by atoms with Gasteiger partial charge in [-0.15, -0.1) is 0 Å². The van der Waals surface area contributed by atoms with Crippen molar-refractivity contribution in [3.05, 3.63) is 46.7 Å². The zero-order valence-corrected chi connectivity index (χ0v) is 11.9. The highest BCUT2D eigenvalue weighted by molar-refractivity contribution is 7.80. The Balaban J connectivity index is 2.27. The predicted octanol–water partition coefficient (Wildman–Crippen LogP) is 2.25. The first-order chi connectivity index (χ1) is 9.40. The molecule has 0 saturated carbocycles. The molecule has 1 aromatic heterocycles. The van der Waals surface area contributed by atoms with Gasteiger partial charge in [0.25, 0.3) is 0 Å². The summed E-state index contributed by atoms with van der Waals surface area (Å²) < 4.78 is 28.2. The van der Waals surface area contributed by atoms with Crippen LogP contribution in [-0.2, 0) is 13.6 Å². The van der Waals surface area contributed by atoms with E-state index in [1.165, 1.54) is 0 Å². The van der Waals surface area contributed by atoms with Crippen LogP contribution in [0, 0.1) is 18.6 Å². The third-order valence-corrected chi connectivity index (χ3v) is 3.13. The second kappa shape index (κ2) is 5.54. The Bertz CT molecular complexity index is 667. The summed E-state index contributed by atoms with van der Waals surface area (Å²) in [6, 6.07) is 3.31. The van der Waals surface area contributed by atoms with E-state index in [-0.39, 0.29) is 17.1 Å². The lowest BCUT2D eigenvalue weighted by molar-refractivity contribution is 0.587. The lowest BCUT2D eigenvalue weighted by atomic mass is 10.2. The average Bonchev–Trinajstić information content (AvgIpc) is 2.65. The summed E-state index contributed by atoms with van der Waals surface area (Å²) in [5, 5.41) is 7.20. The Kier molecular flexibility index (Phi) is 3.99. The lowest BCUT2D eigenvalue weighted by Crippen LogP contribution is -2.14. The molecule has 0 aliphatic carbocycles. The molecule has 2 rings (SSSR count). The van der Waals surface area contributed by atoms with Crippen molar-refractivity contribution in [2.45, 2.75) is 13.5 Å². The maximum absolute atomic E-state index is 13.6. The number of nitrogens with zero attached hydrogens (tertiary/aromatic N) is 2. The molecule has 106 valence electrons. The number of hydrogen-bond donors (Lipinski definition) is 2. The van der Waals surface area contributed by atoms with Crippen molar-refractivity contribution >= 4 is 23.0 Å². The third kappa shape index (κ3) is 2.77. The highest BCUT2D eigenvalue weighted by Gasteiger charge is 2.15. The number of hydrogen-bond acceptors (Lipinski definition) is 3. The van der Waals surface area contributed by atoms with E-state index in [1.807, 2.05) is 0 Å². The molecule has 0 radical (unpaired) electrons. The monoisotopic (exact) mass is 296 g/mol. The minimum absolute atomic E-state index is 0.109. The molecule has 0 atom stereocenters. The van der Waals surface area contributed by atoms with Crippen LogP contribution in [0.15, 0.2) is 18.2 Å². The summed E-state index contributed by atoms with van der Waals surface area (Å²) in [5.74, 6) is -0.382. The Labute approximate surface area is 120 Å². The first kappa shape index (κ1) is 14.4. The molecule has 4 nitrogen and oxygen atoms in total. The standard InChI is InChI=1S/C13H14F2N4S/c1-7-11(12(16)20)13(19(2)18-7)17-6-8-5-9(14)3-4-10(8)15/h3-5,17H,6H2,1-2H3,(H2,16,20). The van der Waals surface area contributed by atoms with Crippen LogP contribution in [0.25, 0.3) is 0 Å². The van der Waals surface area contributed by atoms with Crippen LogP contribution < -0.4 is 11.1 Å². The number of nitrogens with two attached hydrogens (primary N) is 1. The number of halogens is 2. The van der Waals surface area contributed by atoms with Crippen molar-refractivity contribution in [1.29, 1.82) is 0 Å². The number of rotatable bonds is 4. The zero-order chi connectivity index (χ0) is 14.9. The number of aromatic nitrogens is 2. The smallest absolute Gasteiger partial charge is 0.134 e. The minimum Gasteiger partial charge on any atom is -0.389 e. The molecule has 3 N–H and O–H groups in total. The number of anilines is 1. The van der Waals surface area contributed by atoms with Gasteiger partial charge in [0.1, 0.15) is 22.4 Å². The van der Waals surface area contributed by atoms with Gasteiger partial charge in [0.15, 0.2) is 0 Å². The van der Waals surface area contributed by atoms with Crippen molar-refractivity contribution < 1.29 is 8.78 Å². The van der Waals surface area contributed by atoms with Crippen molar-refractivity contribution in [3.63, 3.8) is 0 Å². The van der Waals surface area contributed by atoms with E-state index in [9.17, 15) is 8.78 Å². The number of aryl methyl sites for hydroxylation is 2. The molecule has 0 bridgehead atoms. The highest BCUT2D eigenvalue weighted by Crippen LogP contribution is 2.20. The molecule has 2 aromatic rings. The van der Waals surface area contributed by atoms with E-state index in [0.29, 0.717) is 17.1 Å². The first-order valence-corrected chi connectivity index (χ1v) is 6.32.